The molecule has 0 aliphatic carbocycles. The van der Waals surface area contributed by atoms with E-state index in [0.717, 1.165) is 19.5 Å². The largest absolute Gasteiger partial charge is 0.341 e. The molecule has 0 aromatic carbocycles. The number of carbonyl (C=O) groups is 2. The van der Waals surface area contributed by atoms with Crippen molar-refractivity contribution in [2.24, 2.45) is 11.8 Å². The van der Waals surface area contributed by atoms with Gasteiger partial charge in [-0.3, -0.25) is 9.59 Å². The summed E-state index contributed by atoms with van der Waals surface area (Å²) >= 11 is 0. The van der Waals surface area contributed by atoms with Gasteiger partial charge in [-0.15, -0.1) is 0 Å². The van der Waals surface area contributed by atoms with E-state index in [4.69, 9.17) is 0 Å². The molecule has 0 radical (unpaired) electrons. The van der Waals surface area contributed by atoms with Gasteiger partial charge in [0, 0.05) is 38.5 Å². The first kappa shape index (κ1) is 15.0. The van der Waals surface area contributed by atoms with E-state index in [2.05, 4.69) is 13.8 Å². The molecule has 4 heteroatoms. The Bertz CT molecular complexity index is 300. The van der Waals surface area contributed by atoms with Gasteiger partial charge in [-0.25, -0.2) is 0 Å². The number of amides is 2. The molecule has 0 atom stereocenters. The van der Waals surface area contributed by atoms with Crippen LogP contribution in [-0.2, 0) is 9.59 Å². The quantitative estimate of drug-likeness (QED) is 0.770. The zero-order chi connectivity index (χ0) is 13.7. The highest BCUT2D eigenvalue weighted by molar-refractivity contribution is 5.79. The summed E-state index contributed by atoms with van der Waals surface area (Å²) in [5.74, 6) is 0.870. The van der Waals surface area contributed by atoms with E-state index in [0.29, 0.717) is 25.4 Å². The molecule has 0 spiro atoms. The second-order valence-corrected chi connectivity index (χ2v) is 5.81. The summed E-state index contributed by atoms with van der Waals surface area (Å²) in [6.45, 7) is 10.9. The lowest BCUT2D eigenvalue weighted by Gasteiger charge is -2.24. The third-order valence-electron chi connectivity index (χ3n) is 3.24. The highest BCUT2D eigenvalue weighted by atomic mass is 16.2. The summed E-state index contributed by atoms with van der Waals surface area (Å²) in [6, 6.07) is 0. The number of nitrogens with zero attached hydrogens (tertiary/aromatic N) is 2. The Kier molecular flexibility index (Phi) is 5.63. The van der Waals surface area contributed by atoms with Gasteiger partial charge in [0.15, 0.2) is 0 Å². The Labute approximate surface area is 110 Å². The lowest BCUT2D eigenvalue weighted by atomic mass is 10.1. The normalized spacial score (nSPS) is 17.2. The average molecular weight is 254 g/mol. The van der Waals surface area contributed by atoms with Crippen LogP contribution in [-0.4, -0.2) is 47.8 Å². The van der Waals surface area contributed by atoms with Crippen LogP contribution < -0.4 is 0 Å². The molecule has 1 heterocycles. The summed E-state index contributed by atoms with van der Waals surface area (Å²) in [7, 11) is 0. The van der Waals surface area contributed by atoms with Crippen molar-refractivity contribution in [3.05, 3.63) is 0 Å². The molecule has 0 unspecified atom stereocenters. The molecule has 0 aromatic heterocycles. The van der Waals surface area contributed by atoms with Gasteiger partial charge in [0.25, 0.3) is 0 Å². The molecule has 0 bridgehead atoms. The van der Waals surface area contributed by atoms with Crippen LogP contribution >= 0.6 is 0 Å². The topological polar surface area (TPSA) is 40.6 Å². The summed E-state index contributed by atoms with van der Waals surface area (Å²) in [6.07, 6.45) is 1.50. The average Bonchev–Trinajstić information content (AvgIpc) is 2.52. The Morgan fingerprint density at radius 1 is 0.944 bits per heavy atom. The molecule has 1 saturated heterocycles. The highest BCUT2D eigenvalue weighted by Gasteiger charge is 2.23. The third-order valence-corrected chi connectivity index (χ3v) is 3.24. The Balaban J connectivity index is 2.51. The maximum Gasteiger partial charge on any atom is 0.225 e. The molecule has 0 N–H and O–H groups in total. The first-order chi connectivity index (χ1) is 8.41. The summed E-state index contributed by atoms with van der Waals surface area (Å²) in [5.41, 5.74) is 0. The molecular weight excluding hydrogens is 228 g/mol. The fourth-order valence-corrected chi connectivity index (χ4v) is 2.23. The predicted molar refractivity (Wildman–Crippen MR) is 72.1 cm³/mol. The van der Waals surface area contributed by atoms with Gasteiger partial charge in [0.1, 0.15) is 0 Å². The zero-order valence-corrected chi connectivity index (χ0v) is 12.1. The maximum atomic E-state index is 12.0. The van der Waals surface area contributed by atoms with Gasteiger partial charge < -0.3 is 9.80 Å². The van der Waals surface area contributed by atoms with Crippen molar-refractivity contribution in [2.45, 2.75) is 40.5 Å². The van der Waals surface area contributed by atoms with Crippen LogP contribution in [0, 0.1) is 11.8 Å². The molecule has 2 amide bonds. The molecule has 1 aliphatic heterocycles. The zero-order valence-electron chi connectivity index (χ0n) is 12.1. The van der Waals surface area contributed by atoms with Crippen molar-refractivity contribution in [3.63, 3.8) is 0 Å². The van der Waals surface area contributed by atoms with Gasteiger partial charge in [-0.05, 0) is 12.3 Å². The van der Waals surface area contributed by atoms with Crippen molar-refractivity contribution < 1.29 is 9.59 Å². The molecule has 18 heavy (non-hydrogen) atoms. The standard InChI is InChI=1S/C14H26N2O2/c1-11(2)10-13(17)15-6-5-7-16(9-8-15)14(18)12(3)4/h11-12H,5-10H2,1-4H3. The molecule has 104 valence electrons. The van der Waals surface area contributed by atoms with Crippen molar-refractivity contribution in [2.75, 3.05) is 26.2 Å². The van der Waals surface area contributed by atoms with E-state index >= 15 is 0 Å². The minimum absolute atomic E-state index is 0.0444. The molecule has 1 fully saturated rings. The molecular formula is C14H26N2O2. The highest BCUT2D eigenvalue weighted by Crippen LogP contribution is 2.10. The van der Waals surface area contributed by atoms with Crippen LogP contribution in [0.5, 0.6) is 0 Å². The van der Waals surface area contributed by atoms with Crippen molar-refractivity contribution in [3.8, 4) is 0 Å². The fraction of sp³-hybridized carbons (Fsp3) is 0.857. The molecule has 1 rings (SSSR count). The summed E-state index contributed by atoms with van der Waals surface area (Å²) < 4.78 is 0. The molecule has 0 aromatic rings. The third kappa shape index (κ3) is 4.31. The van der Waals surface area contributed by atoms with E-state index in [1.54, 1.807) is 0 Å². The lowest BCUT2D eigenvalue weighted by Crippen LogP contribution is -2.39. The van der Waals surface area contributed by atoms with Crippen LogP contribution in [0.25, 0.3) is 0 Å². The second-order valence-electron chi connectivity index (χ2n) is 5.81. The lowest BCUT2D eigenvalue weighted by molar-refractivity contribution is -0.135. The fourth-order valence-electron chi connectivity index (χ4n) is 2.23. The number of hydrogen-bond acceptors (Lipinski definition) is 2. The SMILES string of the molecule is CC(C)CC(=O)N1CCCN(C(=O)C(C)C)CC1. The summed E-state index contributed by atoms with van der Waals surface area (Å²) in [5, 5.41) is 0. The number of carbonyl (C=O) groups excluding carboxylic acids is 2. The van der Waals surface area contributed by atoms with E-state index in [-0.39, 0.29) is 17.7 Å². The molecule has 4 nitrogen and oxygen atoms in total. The number of hydrogen-bond donors (Lipinski definition) is 0. The van der Waals surface area contributed by atoms with Crippen LogP contribution in [0.15, 0.2) is 0 Å². The maximum absolute atomic E-state index is 12.0. The van der Waals surface area contributed by atoms with Crippen molar-refractivity contribution in [1.82, 2.24) is 9.80 Å². The van der Waals surface area contributed by atoms with Crippen LogP contribution in [0.3, 0.4) is 0 Å². The van der Waals surface area contributed by atoms with Crippen molar-refractivity contribution >= 4 is 11.8 Å². The Morgan fingerprint density at radius 3 is 2.06 bits per heavy atom. The van der Waals surface area contributed by atoms with Gasteiger partial charge in [-0.2, -0.15) is 0 Å². The first-order valence-electron chi connectivity index (χ1n) is 6.98. The first-order valence-corrected chi connectivity index (χ1v) is 6.98. The van der Waals surface area contributed by atoms with Gasteiger partial charge in [0.2, 0.25) is 11.8 Å². The molecule has 0 saturated carbocycles. The predicted octanol–water partition coefficient (Wildman–Crippen LogP) is 1.75. The number of rotatable bonds is 3. The molecule has 1 aliphatic rings. The second kappa shape index (κ2) is 6.76. The minimum Gasteiger partial charge on any atom is -0.341 e. The van der Waals surface area contributed by atoms with Crippen molar-refractivity contribution in [1.29, 1.82) is 0 Å². The Morgan fingerprint density at radius 2 is 1.50 bits per heavy atom. The summed E-state index contributed by atoms with van der Waals surface area (Å²) in [4.78, 5) is 27.7. The van der Waals surface area contributed by atoms with Gasteiger partial charge in [0.05, 0.1) is 0 Å². The Hall–Kier alpha value is -1.06. The van der Waals surface area contributed by atoms with Gasteiger partial charge >= 0.3 is 0 Å². The minimum atomic E-state index is 0.0444. The van der Waals surface area contributed by atoms with E-state index < -0.39 is 0 Å². The van der Waals surface area contributed by atoms with Crippen LogP contribution in [0.4, 0.5) is 0 Å². The van der Waals surface area contributed by atoms with E-state index in [1.807, 2.05) is 23.6 Å². The van der Waals surface area contributed by atoms with Gasteiger partial charge in [-0.1, -0.05) is 27.7 Å². The van der Waals surface area contributed by atoms with Crippen LogP contribution in [0.1, 0.15) is 40.5 Å². The smallest absolute Gasteiger partial charge is 0.225 e. The van der Waals surface area contributed by atoms with Crippen LogP contribution in [0.2, 0.25) is 0 Å². The van der Waals surface area contributed by atoms with E-state index in [9.17, 15) is 9.59 Å². The monoisotopic (exact) mass is 254 g/mol. The van der Waals surface area contributed by atoms with E-state index in [1.165, 1.54) is 0 Å².